The Bertz CT molecular complexity index is 1040. The number of urea groups is 1. The molecular weight excluding hydrogens is 408 g/mol. The molecule has 1 aromatic heterocycles. The number of carbonyl (C=O) groups is 1. The lowest BCUT2D eigenvalue weighted by Crippen LogP contribution is -2.34. The predicted octanol–water partition coefficient (Wildman–Crippen LogP) is 4.78. The Kier molecular flexibility index (Phi) is 5.76. The van der Waals surface area contributed by atoms with Gasteiger partial charge in [-0.05, 0) is 55.3 Å². The lowest BCUT2D eigenvalue weighted by Gasteiger charge is -2.22. The van der Waals surface area contributed by atoms with Crippen LogP contribution in [0.4, 0.5) is 10.5 Å². The van der Waals surface area contributed by atoms with Crippen LogP contribution in [0.5, 0.6) is 11.5 Å². The molecule has 0 radical (unpaired) electrons. The van der Waals surface area contributed by atoms with Crippen molar-refractivity contribution in [2.24, 2.45) is 0 Å². The van der Waals surface area contributed by atoms with Gasteiger partial charge in [-0.15, -0.1) is 0 Å². The average molecular weight is 429 g/mol. The first-order valence-electron chi connectivity index (χ1n) is 9.48. The minimum absolute atomic E-state index is 0.247. The van der Waals surface area contributed by atoms with E-state index in [9.17, 15) is 4.79 Å². The van der Waals surface area contributed by atoms with Crippen LogP contribution in [0.25, 0.3) is 11.4 Å². The number of hydrogen-bond acceptors (Lipinski definition) is 6. The van der Waals surface area contributed by atoms with Crippen molar-refractivity contribution < 1.29 is 18.8 Å². The third-order valence-corrected chi connectivity index (χ3v) is 5.29. The molecule has 9 heteroatoms. The molecule has 1 N–H and O–H groups in total. The number of carbonyl (C=O) groups excluding carboxylic acids is 1. The minimum atomic E-state index is -0.279. The molecule has 2 heterocycles. The van der Waals surface area contributed by atoms with E-state index < -0.39 is 0 Å². The SMILES string of the molecule is COc1ccc(-c2noc([C@H]3CCCN3C(=O)Nc3ccc(OC)c(Cl)c3)n2)cc1. The molecule has 1 fully saturated rings. The van der Waals surface area contributed by atoms with Gasteiger partial charge in [0.15, 0.2) is 0 Å². The fourth-order valence-electron chi connectivity index (χ4n) is 3.43. The number of halogens is 1. The lowest BCUT2D eigenvalue weighted by molar-refractivity contribution is 0.193. The zero-order valence-corrected chi connectivity index (χ0v) is 17.3. The third-order valence-electron chi connectivity index (χ3n) is 4.99. The van der Waals surface area contributed by atoms with Crippen LogP contribution in [-0.4, -0.2) is 41.8 Å². The smallest absolute Gasteiger partial charge is 0.322 e. The Labute approximate surface area is 178 Å². The summed E-state index contributed by atoms with van der Waals surface area (Å²) < 4.78 is 15.8. The van der Waals surface area contributed by atoms with Crippen molar-refractivity contribution in [3.05, 3.63) is 53.4 Å². The number of methoxy groups -OCH3 is 2. The number of likely N-dealkylation sites (tertiary alicyclic amines) is 1. The van der Waals surface area contributed by atoms with Gasteiger partial charge in [-0.1, -0.05) is 16.8 Å². The van der Waals surface area contributed by atoms with E-state index in [1.165, 1.54) is 0 Å². The maximum absolute atomic E-state index is 12.8. The molecule has 3 aromatic rings. The number of amides is 2. The molecule has 1 saturated heterocycles. The molecule has 8 nitrogen and oxygen atoms in total. The number of ether oxygens (including phenoxy) is 2. The topological polar surface area (TPSA) is 89.7 Å². The van der Waals surface area contributed by atoms with Crippen molar-refractivity contribution in [2.75, 3.05) is 26.1 Å². The standard InChI is InChI=1S/C21H21ClN4O4/c1-28-15-8-5-13(6-9-15)19-24-20(30-25-19)17-4-3-11-26(17)21(27)23-14-7-10-18(29-2)16(22)12-14/h5-10,12,17H,3-4,11H2,1-2H3,(H,23,27)/t17-/m1/s1. The van der Waals surface area contributed by atoms with Crippen LogP contribution in [0.1, 0.15) is 24.8 Å². The van der Waals surface area contributed by atoms with Crippen LogP contribution in [0.2, 0.25) is 5.02 Å². The molecule has 1 aliphatic rings. The average Bonchev–Trinajstić information content (AvgIpc) is 3.43. The lowest BCUT2D eigenvalue weighted by atomic mass is 10.2. The number of benzene rings is 2. The number of hydrogen-bond donors (Lipinski definition) is 1. The second-order valence-corrected chi connectivity index (χ2v) is 7.22. The highest BCUT2D eigenvalue weighted by molar-refractivity contribution is 6.32. The molecule has 0 unspecified atom stereocenters. The highest BCUT2D eigenvalue weighted by Crippen LogP contribution is 2.33. The second kappa shape index (κ2) is 8.62. The van der Waals surface area contributed by atoms with Crippen LogP contribution in [0, 0.1) is 0 Å². The van der Waals surface area contributed by atoms with E-state index in [2.05, 4.69) is 15.5 Å². The zero-order valence-electron chi connectivity index (χ0n) is 16.6. The highest BCUT2D eigenvalue weighted by atomic mass is 35.5. The first-order chi connectivity index (χ1) is 14.6. The van der Waals surface area contributed by atoms with Gasteiger partial charge in [0.1, 0.15) is 17.5 Å². The fraction of sp³-hybridized carbons (Fsp3) is 0.286. The summed E-state index contributed by atoms with van der Waals surface area (Å²) >= 11 is 6.15. The minimum Gasteiger partial charge on any atom is -0.497 e. The molecule has 4 rings (SSSR count). The Hall–Kier alpha value is -3.26. The number of aromatic nitrogens is 2. The summed E-state index contributed by atoms with van der Waals surface area (Å²) in [5.74, 6) is 2.19. The Morgan fingerprint density at radius 2 is 2.00 bits per heavy atom. The van der Waals surface area contributed by atoms with Gasteiger partial charge in [0, 0.05) is 17.8 Å². The fourth-order valence-corrected chi connectivity index (χ4v) is 3.69. The van der Waals surface area contributed by atoms with Gasteiger partial charge in [0.25, 0.3) is 0 Å². The van der Waals surface area contributed by atoms with Gasteiger partial charge in [-0.25, -0.2) is 4.79 Å². The number of nitrogens with one attached hydrogen (secondary N) is 1. The van der Waals surface area contributed by atoms with Gasteiger partial charge >= 0.3 is 6.03 Å². The molecular formula is C21H21ClN4O4. The molecule has 156 valence electrons. The first-order valence-corrected chi connectivity index (χ1v) is 9.86. The van der Waals surface area contributed by atoms with Gasteiger partial charge < -0.3 is 24.2 Å². The summed E-state index contributed by atoms with van der Waals surface area (Å²) in [5.41, 5.74) is 1.40. The normalized spacial score (nSPS) is 15.8. The van der Waals surface area contributed by atoms with Crippen molar-refractivity contribution in [1.29, 1.82) is 0 Å². The Balaban J connectivity index is 1.48. The van der Waals surface area contributed by atoms with E-state index in [-0.39, 0.29) is 12.1 Å². The summed E-state index contributed by atoms with van der Waals surface area (Å²) in [6.07, 6.45) is 1.60. The molecule has 30 heavy (non-hydrogen) atoms. The van der Waals surface area contributed by atoms with Crippen LogP contribution in [0.15, 0.2) is 47.0 Å². The van der Waals surface area contributed by atoms with Crippen LogP contribution in [0.3, 0.4) is 0 Å². The molecule has 1 atom stereocenters. The third kappa shape index (κ3) is 4.04. The summed E-state index contributed by atoms with van der Waals surface area (Å²) in [5, 5.41) is 7.37. The molecule has 0 saturated carbocycles. The maximum Gasteiger partial charge on any atom is 0.322 e. The van der Waals surface area contributed by atoms with E-state index in [1.54, 1.807) is 37.3 Å². The summed E-state index contributed by atoms with van der Waals surface area (Å²) in [4.78, 5) is 19.1. The van der Waals surface area contributed by atoms with Crippen LogP contribution >= 0.6 is 11.6 Å². The van der Waals surface area contributed by atoms with Crippen molar-refractivity contribution in [3.63, 3.8) is 0 Å². The van der Waals surface area contributed by atoms with Crippen molar-refractivity contribution >= 4 is 23.3 Å². The van der Waals surface area contributed by atoms with E-state index in [0.717, 1.165) is 24.2 Å². The molecule has 0 bridgehead atoms. The van der Waals surface area contributed by atoms with E-state index in [1.807, 2.05) is 24.3 Å². The summed E-state index contributed by atoms with van der Waals surface area (Å²) in [7, 11) is 3.15. The van der Waals surface area contributed by atoms with Crippen LogP contribution in [-0.2, 0) is 0 Å². The zero-order chi connectivity index (χ0) is 21.1. The van der Waals surface area contributed by atoms with Gasteiger partial charge in [-0.3, -0.25) is 0 Å². The summed E-state index contributed by atoms with van der Waals surface area (Å²) in [6, 6.07) is 12.0. The quantitative estimate of drug-likeness (QED) is 0.629. The van der Waals surface area contributed by atoms with E-state index in [0.29, 0.717) is 34.7 Å². The van der Waals surface area contributed by atoms with Gasteiger partial charge in [0.05, 0.1) is 19.2 Å². The second-order valence-electron chi connectivity index (χ2n) is 6.82. The molecule has 0 spiro atoms. The monoisotopic (exact) mass is 428 g/mol. The molecule has 1 aliphatic heterocycles. The largest absolute Gasteiger partial charge is 0.497 e. The summed E-state index contributed by atoms with van der Waals surface area (Å²) in [6.45, 7) is 0.598. The van der Waals surface area contributed by atoms with Gasteiger partial charge in [0.2, 0.25) is 11.7 Å². The number of anilines is 1. The number of nitrogens with zero attached hydrogens (tertiary/aromatic N) is 3. The van der Waals surface area contributed by atoms with Crippen molar-refractivity contribution in [3.8, 4) is 22.9 Å². The molecule has 0 aliphatic carbocycles. The van der Waals surface area contributed by atoms with E-state index >= 15 is 0 Å². The predicted molar refractivity (Wildman–Crippen MR) is 112 cm³/mol. The highest BCUT2D eigenvalue weighted by Gasteiger charge is 2.34. The van der Waals surface area contributed by atoms with Crippen molar-refractivity contribution in [1.82, 2.24) is 15.0 Å². The van der Waals surface area contributed by atoms with Gasteiger partial charge in [-0.2, -0.15) is 4.98 Å². The van der Waals surface area contributed by atoms with Crippen LogP contribution < -0.4 is 14.8 Å². The Morgan fingerprint density at radius 1 is 1.20 bits per heavy atom. The first kappa shape index (κ1) is 20.0. The molecule has 2 aromatic carbocycles. The Morgan fingerprint density at radius 3 is 2.70 bits per heavy atom. The number of rotatable bonds is 5. The van der Waals surface area contributed by atoms with E-state index in [4.69, 9.17) is 25.6 Å². The maximum atomic E-state index is 12.8. The van der Waals surface area contributed by atoms with Crippen molar-refractivity contribution in [2.45, 2.75) is 18.9 Å². The molecule has 2 amide bonds.